The molecule has 0 amide bonds. The third kappa shape index (κ3) is 6.94. The molecule has 3 aromatic carbocycles. The maximum absolute atomic E-state index is 11.3. The molecule has 0 bridgehead atoms. The number of rotatable bonds is 13. The van der Waals surface area contributed by atoms with E-state index >= 15 is 0 Å². The molecule has 0 aliphatic carbocycles. The number of aromatic nitrogens is 4. The van der Waals surface area contributed by atoms with Crippen molar-refractivity contribution in [3.63, 3.8) is 0 Å². The van der Waals surface area contributed by atoms with Gasteiger partial charge >= 0.3 is 0 Å². The van der Waals surface area contributed by atoms with E-state index in [1.807, 2.05) is 41.2 Å². The van der Waals surface area contributed by atoms with Crippen LogP contribution in [0, 0.1) is 0 Å². The number of hydrogen-bond acceptors (Lipinski definition) is 8. The zero-order valence-corrected chi connectivity index (χ0v) is 23.6. The van der Waals surface area contributed by atoms with Crippen molar-refractivity contribution in [2.75, 3.05) is 37.5 Å². The fourth-order valence-electron chi connectivity index (χ4n) is 4.75. The monoisotopic (exact) mass is 558 g/mol. The predicted octanol–water partition coefficient (Wildman–Crippen LogP) is 4.74. The highest BCUT2D eigenvalue weighted by atomic mass is 32.2. The number of anilines is 2. The first-order chi connectivity index (χ1) is 19.4. The number of sulfone groups is 1. The lowest BCUT2D eigenvalue weighted by atomic mass is 10.0. The summed E-state index contributed by atoms with van der Waals surface area (Å²) in [5, 5.41) is 13.2. The van der Waals surface area contributed by atoms with Crippen molar-refractivity contribution in [2.24, 2.45) is 0 Å². The number of benzene rings is 3. The molecule has 208 valence electrons. The number of nitrogens with one attached hydrogen (secondary N) is 2. The average Bonchev–Trinajstić information content (AvgIpc) is 3.34. The Bertz CT molecular complexity index is 1700. The van der Waals surface area contributed by atoms with Gasteiger partial charge in [0.25, 0.3) is 0 Å². The van der Waals surface area contributed by atoms with Crippen molar-refractivity contribution in [1.82, 2.24) is 25.1 Å². The van der Waals surface area contributed by atoms with Crippen LogP contribution < -0.4 is 15.4 Å². The van der Waals surface area contributed by atoms with E-state index in [2.05, 4.69) is 56.0 Å². The fraction of sp³-hybridized carbons (Fsp3) is 0.300. The molecule has 0 aliphatic heterocycles. The van der Waals surface area contributed by atoms with Crippen molar-refractivity contribution >= 4 is 43.1 Å². The molecule has 2 N–H and O–H groups in total. The standard InChI is InChI=1S/C30H34N6O3S/c1-39-29-18-27-26(17-23(29)10-6-7-13-31-14-15-40(2,37)38)30(33-21-32-27)35-25-11-12-28-24(16-25)19-34-36(28)20-22-8-4-3-5-9-22/h3-5,8-9,11-12,16-19,21,31H,6-7,10,13-15,20H2,1-2H3,(H,32,33,35). The van der Waals surface area contributed by atoms with E-state index in [1.54, 1.807) is 13.4 Å². The number of aryl methyl sites for hydroxylation is 1. The Balaban J connectivity index is 1.29. The number of ether oxygens (including phenoxy) is 1. The Kier molecular flexibility index (Phi) is 8.57. The maximum Gasteiger partial charge on any atom is 0.148 e. The van der Waals surface area contributed by atoms with Crippen molar-refractivity contribution in [3.05, 3.63) is 84.3 Å². The highest BCUT2D eigenvalue weighted by molar-refractivity contribution is 7.90. The summed E-state index contributed by atoms with van der Waals surface area (Å²) in [4.78, 5) is 9.02. The average molecular weight is 559 g/mol. The van der Waals surface area contributed by atoms with Gasteiger partial charge in [-0.15, -0.1) is 0 Å². The SMILES string of the molecule is COc1cc2ncnc(Nc3ccc4c(cnn4Cc4ccccc4)c3)c2cc1CCCCNCCS(C)(=O)=O. The zero-order valence-electron chi connectivity index (χ0n) is 22.8. The van der Waals surface area contributed by atoms with Crippen LogP contribution in [0.25, 0.3) is 21.8 Å². The van der Waals surface area contributed by atoms with Crippen molar-refractivity contribution in [1.29, 1.82) is 0 Å². The molecule has 0 atom stereocenters. The first kappa shape index (κ1) is 27.5. The highest BCUT2D eigenvalue weighted by Crippen LogP contribution is 2.31. The summed E-state index contributed by atoms with van der Waals surface area (Å²) in [6, 6.07) is 20.6. The van der Waals surface area contributed by atoms with E-state index in [4.69, 9.17) is 4.74 Å². The summed E-state index contributed by atoms with van der Waals surface area (Å²) in [5.74, 6) is 1.69. The largest absolute Gasteiger partial charge is 0.496 e. The Morgan fingerprint density at radius 1 is 0.975 bits per heavy atom. The Morgan fingerprint density at radius 2 is 1.82 bits per heavy atom. The second kappa shape index (κ2) is 12.4. The van der Waals surface area contributed by atoms with Gasteiger partial charge in [0.15, 0.2) is 0 Å². The summed E-state index contributed by atoms with van der Waals surface area (Å²) >= 11 is 0. The molecular weight excluding hydrogens is 524 g/mol. The first-order valence-corrected chi connectivity index (χ1v) is 15.4. The summed E-state index contributed by atoms with van der Waals surface area (Å²) in [7, 11) is -1.27. The van der Waals surface area contributed by atoms with Crippen LogP contribution in [0.2, 0.25) is 0 Å². The zero-order chi connectivity index (χ0) is 28.0. The number of hydrogen-bond donors (Lipinski definition) is 2. The van der Waals surface area contributed by atoms with Crippen LogP contribution in [-0.4, -0.2) is 60.4 Å². The molecule has 2 heterocycles. The molecule has 0 fully saturated rings. The molecule has 9 nitrogen and oxygen atoms in total. The third-order valence-electron chi connectivity index (χ3n) is 6.82. The molecule has 0 spiro atoms. The van der Waals surface area contributed by atoms with Gasteiger partial charge in [0.1, 0.15) is 27.7 Å². The van der Waals surface area contributed by atoms with E-state index in [9.17, 15) is 8.42 Å². The predicted molar refractivity (Wildman–Crippen MR) is 160 cm³/mol. The van der Waals surface area contributed by atoms with Crippen molar-refractivity contribution in [2.45, 2.75) is 25.8 Å². The van der Waals surface area contributed by atoms with Gasteiger partial charge < -0.3 is 15.4 Å². The van der Waals surface area contributed by atoms with Gasteiger partial charge in [0, 0.05) is 35.3 Å². The highest BCUT2D eigenvalue weighted by Gasteiger charge is 2.12. The topological polar surface area (TPSA) is 111 Å². The van der Waals surface area contributed by atoms with Gasteiger partial charge in [-0.05, 0) is 61.2 Å². The van der Waals surface area contributed by atoms with E-state index < -0.39 is 9.84 Å². The molecule has 0 aliphatic rings. The molecule has 2 aromatic heterocycles. The van der Waals surface area contributed by atoms with Crippen LogP contribution in [-0.2, 0) is 22.8 Å². The van der Waals surface area contributed by atoms with Gasteiger partial charge in [0.05, 0.1) is 36.6 Å². The first-order valence-electron chi connectivity index (χ1n) is 13.4. The third-order valence-corrected chi connectivity index (χ3v) is 7.76. The smallest absolute Gasteiger partial charge is 0.148 e. The Labute approximate surface area is 234 Å². The molecule has 10 heteroatoms. The van der Waals surface area contributed by atoms with E-state index in [0.717, 1.165) is 77.0 Å². The van der Waals surface area contributed by atoms with Crippen LogP contribution in [0.4, 0.5) is 11.5 Å². The van der Waals surface area contributed by atoms with E-state index in [0.29, 0.717) is 6.54 Å². The van der Waals surface area contributed by atoms with Gasteiger partial charge in [0.2, 0.25) is 0 Å². The second-order valence-corrected chi connectivity index (χ2v) is 12.2. The van der Waals surface area contributed by atoms with Gasteiger partial charge in [-0.3, -0.25) is 4.68 Å². The van der Waals surface area contributed by atoms with E-state index in [-0.39, 0.29) is 5.75 Å². The number of fused-ring (bicyclic) bond motifs is 2. The number of unbranched alkanes of at least 4 members (excludes halogenated alkanes) is 1. The lowest BCUT2D eigenvalue weighted by Gasteiger charge is -2.13. The summed E-state index contributed by atoms with van der Waals surface area (Å²) in [5.41, 5.74) is 5.08. The van der Waals surface area contributed by atoms with Crippen molar-refractivity contribution in [3.8, 4) is 5.75 Å². The lowest BCUT2D eigenvalue weighted by molar-refractivity contribution is 0.409. The maximum atomic E-state index is 11.3. The molecule has 0 radical (unpaired) electrons. The molecule has 0 unspecified atom stereocenters. The Hall–Kier alpha value is -4.02. The second-order valence-electron chi connectivity index (χ2n) is 9.93. The number of nitrogens with zero attached hydrogens (tertiary/aromatic N) is 4. The lowest BCUT2D eigenvalue weighted by Crippen LogP contribution is -2.23. The van der Waals surface area contributed by atoms with Crippen LogP contribution in [0.1, 0.15) is 24.0 Å². The summed E-state index contributed by atoms with van der Waals surface area (Å²) in [6.45, 7) is 1.96. The van der Waals surface area contributed by atoms with Gasteiger partial charge in [-0.2, -0.15) is 5.10 Å². The molecule has 0 saturated carbocycles. The normalized spacial score (nSPS) is 11.8. The van der Waals surface area contributed by atoms with Gasteiger partial charge in [-0.25, -0.2) is 18.4 Å². The summed E-state index contributed by atoms with van der Waals surface area (Å²) < 4.78 is 30.2. The minimum atomic E-state index is -2.94. The molecule has 40 heavy (non-hydrogen) atoms. The van der Waals surface area contributed by atoms with Gasteiger partial charge in [-0.1, -0.05) is 30.3 Å². The Morgan fingerprint density at radius 3 is 2.62 bits per heavy atom. The van der Waals surface area contributed by atoms with Crippen LogP contribution >= 0.6 is 0 Å². The van der Waals surface area contributed by atoms with Crippen LogP contribution in [0.15, 0.2) is 73.2 Å². The minimum Gasteiger partial charge on any atom is -0.496 e. The minimum absolute atomic E-state index is 0.157. The summed E-state index contributed by atoms with van der Waals surface area (Å²) in [6.07, 6.45) is 7.40. The molecular formula is C30H34N6O3S. The van der Waals surface area contributed by atoms with Crippen molar-refractivity contribution < 1.29 is 13.2 Å². The van der Waals surface area contributed by atoms with Crippen LogP contribution in [0.5, 0.6) is 5.75 Å². The molecule has 0 saturated heterocycles. The van der Waals surface area contributed by atoms with Crippen LogP contribution in [0.3, 0.4) is 0 Å². The van der Waals surface area contributed by atoms with E-state index in [1.165, 1.54) is 11.8 Å². The fourth-order valence-corrected chi connectivity index (χ4v) is 5.26. The number of methoxy groups -OCH3 is 1. The molecule has 5 aromatic rings. The quantitative estimate of drug-likeness (QED) is 0.200. The molecule has 5 rings (SSSR count).